The average molecular weight is 336 g/mol. The first-order chi connectivity index (χ1) is 11.1. The van der Waals surface area contributed by atoms with E-state index in [4.69, 9.17) is 19.7 Å². The predicted octanol–water partition coefficient (Wildman–Crippen LogP) is 1.75. The van der Waals surface area contributed by atoms with Gasteiger partial charge in [-0.1, -0.05) is 6.58 Å². The van der Waals surface area contributed by atoms with Crippen molar-refractivity contribution in [3.8, 4) is 0 Å². The maximum Gasteiger partial charge on any atom is 0.338 e. The van der Waals surface area contributed by atoms with Crippen molar-refractivity contribution in [3.05, 3.63) is 47.0 Å². The highest BCUT2D eigenvalue weighted by Crippen LogP contribution is 2.14. The Morgan fingerprint density at radius 1 is 1.12 bits per heavy atom. The Balaban J connectivity index is 2.80. The van der Waals surface area contributed by atoms with Crippen molar-refractivity contribution in [3.63, 3.8) is 0 Å². The van der Waals surface area contributed by atoms with Gasteiger partial charge in [-0.05, 0) is 32.0 Å². The third-order valence-electron chi connectivity index (χ3n) is 2.82. The molecule has 1 unspecified atom stereocenters. The van der Waals surface area contributed by atoms with Gasteiger partial charge < -0.3 is 19.7 Å². The summed E-state index contributed by atoms with van der Waals surface area (Å²) < 4.78 is 9.84. The van der Waals surface area contributed by atoms with E-state index in [0.29, 0.717) is 0 Å². The lowest BCUT2D eigenvalue weighted by molar-refractivity contribution is -0.145. The van der Waals surface area contributed by atoms with Crippen LogP contribution < -0.4 is 0 Å². The van der Waals surface area contributed by atoms with Gasteiger partial charge in [-0.15, -0.1) is 0 Å². The normalized spacial score (nSPS) is 11.2. The topological polar surface area (TPSA) is 127 Å². The van der Waals surface area contributed by atoms with Gasteiger partial charge in [0.2, 0.25) is 0 Å². The SMILES string of the molecule is C=C(C)C(=O)OC(C)COC(=O)c1ccc(C(=O)O)c(C(=O)O)c1. The number of aromatic carboxylic acids is 2. The first kappa shape index (κ1) is 18.9. The van der Waals surface area contributed by atoms with E-state index in [2.05, 4.69) is 6.58 Å². The molecule has 0 fully saturated rings. The summed E-state index contributed by atoms with van der Waals surface area (Å²) in [6.45, 7) is 6.14. The van der Waals surface area contributed by atoms with E-state index in [1.54, 1.807) is 0 Å². The van der Waals surface area contributed by atoms with Gasteiger partial charge in [0.05, 0.1) is 16.7 Å². The Hall–Kier alpha value is -3.16. The number of hydrogen-bond donors (Lipinski definition) is 2. The standard InChI is InChI=1S/C16H16O8/c1-8(2)15(21)24-9(3)7-23-16(22)10-4-5-11(13(17)18)12(6-10)14(19)20/h4-6,9H,1,7H2,2-3H3,(H,17,18)(H,19,20). The van der Waals surface area contributed by atoms with Crippen molar-refractivity contribution in [2.75, 3.05) is 6.61 Å². The first-order valence-electron chi connectivity index (χ1n) is 6.77. The minimum atomic E-state index is -1.48. The molecule has 1 aromatic rings. The fourth-order valence-electron chi connectivity index (χ4n) is 1.63. The number of esters is 2. The van der Waals surface area contributed by atoms with Crippen LogP contribution in [0.1, 0.15) is 44.9 Å². The highest BCUT2D eigenvalue weighted by molar-refractivity contribution is 6.03. The molecule has 8 heteroatoms. The minimum absolute atomic E-state index is 0.129. The van der Waals surface area contributed by atoms with Crippen molar-refractivity contribution in [2.24, 2.45) is 0 Å². The Kier molecular flexibility index (Phi) is 6.22. The third kappa shape index (κ3) is 4.94. The second kappa shape index (κ2) is 7.91. The van der Waals surface area contributed by atoms with E-state index in [1.165, 1.54) is 13.8 Å². The molecule has 0 spiro atoms. The van der Waals surface area contributed by atoms with E-state index in [-0.39, 0.29) is 17.7 Å². The van der Waals surface area contributed by atoms with Gasteiger partial charge >= 0.3 is 23.9 Å². The average Bonchev–Trinajstić information content (AvgIpc) is 2.51. The summed E-state index contributed by atoms with van der Waals surface area (Å²) in [6.07, 6.45) is -0.726. The summed E-state index contributed by atoms with van der Waals surface area (Å²) in [5.74, 6) is -4.40. The van der Waals surface area contributed by atoms with Crippen LogP contribution in [0, 0.1) is 0 Å². The van der Waals surface area contributed by atoms with Crippen LogP contribution in [0.15, 0.2) is 30.4 Å². The molecule has 0 bridgehead atoms. The summed E-state index contributed by atoms with van der Waals surface area (Å²) in [5.41, 5.74) is -0.902. The highest BCUT2D eigenvalue weighted by atomic mass is 16.6. The number of carbonyl (C=O) groups is 4. The smallest absolute Gasteiger partial charge is 0.338 e. The van der Waals surface area contributed by atoms with Crippen LogP contribution in [0.4, 0.5) is 0 Å². The zero-order valence-corrected chi connectivity index (χ0v) is 13.1. The fraction of sp³-hybridized carbons (Fsp3) is 0.250. The van der Waals surface area contributed by atoms with Gasteiger partial charge in [-0.2, -0.15) is 0 Å². The maximum atomic E-state index is 11.9. The van der Waals surface area contributed by atoms with E-state index < -0.39 is 41.1 Å². The minimum Gasteiger partial charge on any atom is -0.478 e. The molecular weight excluding hydrogens is 320 g/mol. The molecule has 0 aliphatic rings. The largest absolute Gasteiger partial charge is 0.478 e. The number of carboxylic acids is 2. The van der Waals surface area contributed by atoms with E-state index in [0.717, 1.165) is 18.2 Å². The monoisotopic (exact) mass is 336 g/mol. The lowest BCUT2D eigenvalue weighted by atomic mass is 10.0. The molecule has 0 aromatic heterocycles. The van der Waals surface area contributed by atoms with Crippen molar-refractivity contribution in [1.82, 2.24) is 0 Å². The summed E-state index contributed by atoms with van der Waals surface area (Å²) in [5, 5.41) is 17.9. The van der Waals surface area contributed by atoms with E-state index in [1.807, 2.05) is 0 Å². The zero-order chi connectivity index (χ0) is 18.4. The van der Waals surface area contributed by atoms with Crippen LogP contribution in [-0.4, -0.2) is 46.8 Å². The molecule has 2 N–H and O–H groups in total. The molecule has 0 saturated carbocycles. The lowest BCUT2D eigenvalue weighted by Crippen LogP contribution is -2.23. The van der Waals surface area contributed by atoms with Gasteiger partial charge in [0, 0.05) is 5.57 Å². The van der Waals surface area contributed by atoms with E-state index in [9.17, 15) is 19.2 Å². The first-order valence-corrected chi connectivity index (χ1v) is 6.77. The van der Waals surface area contributed by atoms with Gasteiger partial charge in [0.1, 0.15) is 12.7 Å². The molecule has 0 aliphatic carbocycles. The van der Waals surface area contributed by atoms with Gasteiger partial charge in [-0.25, -0.2) is 19.2 Å². The Bertz CT molecular complexity index is 704. The molecule has 8 nitrogen and oxygen atoms in total. The van der Waals surface area contributed by atoms with Crippen molar-refractivity contribution >= 4 is 23.9 Å². The molecule has 24 heavy (non-hydrogen) atoms. The van der Waals surface area contributed by atoms with Crippen molar-refractivity contribution < 1.29 is 38.9 Å². The summed E-state index contributed by atoms with van der Waals surface area (Å²) in [7, 11) is 0. The van der Waals surface area contributed by atoms with Crippen LogP contribution >= 0.6 is 0 Å². The van der Waals surface area contributed by atoms with Crippen LogP contribution in [-0.2, 0) is 14.3 Å². The third-order valence-corrected chi connectivity index (χ3v) is 2.82. The lowest BCUT2D eigenvalue weighted by Gasteiger charge is -2.13. The molecule has 0 saturated heterocycles. The summed E-state index contributed by atoms with van der Waals surface area (Å²) in [6, 6.07) is 3.06. The van der Waals surface area contributed by atoms with Gasteiger partial charge in [-0.3, -0.25) is 0 Å². The van der Waals surface area contributed by atoms with Crippen molar-refractivity contribution in [2.45, 2.75) is 20.0 Å². The molecule has 0 heterocycles. The molecule has 0 aliphatic heterocycles. The Labute approximate surface area is 137 Å². The number of carboxylic acid groups (broad SMARTS) is 2. The Morgan fingerprint density at radius 2 is 1.71 bits per heavy atom. The van der Waals surface area contributed by atoms with Crippen LogP contribution in [0.25, 0.3) is 0 Å². The highest BCUT2D eigenvalue weighted by Gasteiger charge is 2.20. The second-order valence-corrected chi connectivity index (χ2v) is 4.97. The Morgan fingerprint density at radius 3 is 2.21 bits per heavy atom. The van der Waals surface area contributed by atoms with Crippen LogP contribution in [0.3, 0.4) is 0 Å². The molecule has 0 radical (unpaired) electrons. The number of rotatable bonds is 7. The summed E-state index contributed by atoms with van der Waals surface area (Å²) in [4.78, 5) is 45.2. The van der Waals surface area contributed by atoms with Crippen LogP contribution in [0.2, 0.25) is 0 Å². The molecule has 1 rings (SSSR count). The van der Waals surface area contributed by atoms with Gasteiger partial charge in [0.25, 0.3) is 0 Å². The molecule has 1 atom stereocenters. The maximum absolute atomic E-state index is 11.9. The molecule has 1 aromatic carbocycles. The summed E-state index contributed by atoms with van der Waals surface area (Å²) >= 11 is 0. The second-order valence-electron chi connectivity index (χ2n) is 4.97. The quantitative estimate of drug-likeness (QED) is 0.569. The van der Waals surface area contributed by atoms with Crippen LogP contribution in [0.5, 0.6) is 0 Å². The van der Waals surface area contributed by atoms with Gasteiger partial charge in [0.15, 0.2) is 0 Å². The molecule has 128 valence electrons. The number of benzene rings is 1. The van der Waals surface area contributed by atoms with E-state index >= 15 is 0 Å². The number of carbonyl (C=O) groups excluding carboxylic acids is 2. The molecular formula is C16H16O8. The fourth-order valence-corrected chi connectivity index (χ4v) is 1.63. The number of ether oxygens (including phenoxy) is 2. The molecule has 0 amide bonds. The zero-order valence-electron chi connectivity index (χ0n) is 13.1. The number of hydrogen-bond acceptors (Lipinski definition) is 6. The predicted molar refractivity (Wildman–Crippen MR) is 81.0 cm³/mol. The van der Waals surface area contributed by atoms with Crippen molar-refractivity contribution in [1.29, 1.82) is 0 Å².